The summed E-state index contributed by atoms with van der Waals surface area (Å²) in [6, 6.07) is 4.12. The van der Waals surface area contributed by atoms with Crippen LogP contribution in [0.5, 0.6) is 5.75 Å². The third-order valence-electron chi connectivity index (χ3n) is 2.79. The lowest BCUT2D eigenvalue weighted by Crippen LogP contribution is -2.11. The fourth-order valence-corrected chi connectivity index (χ4v) is 1.58. The number of aromatic hydroxyl groups is 1. The third kappa shape index (κ3) is 8.06. The van der Waals surface area contributed by atoms with Crippen LogP contribution < -0.4 is 0 Å². The number of aryl methyl sites for hydroxylation is 2. The average Bonchev–Trinajstić information content (AvgIpc) is 2.40. The summed E-state index contributed by atoms with van der Waals surface area (Å²) in [5.41, 5.74) is 3.36. The summed E-state index contributed by atoms with van der Waals surface area (Å²) in [6.45, 7) is 13.9. The van der Waals surface area contributed by atoms with Crippen LogP contribution in [0.25, 0.3) is 0 Å². The number of rotatable bonds is 0. The van der Waals surface area contributed by atoms with Gasteiger partial charge in [-0.2, -0.15) is 0 Å². The molecule has 2 heteroatoms. The Bertz CT molecular complexity index is 610. The molecular formula is C20H26O2. The highest BCUT2D eigenvalue weighted by molar-refractivity contribution is 5.44. The van der Waals surface area contributed by atoms with E-state index in [2.05, 4.69) is 68.4 Å². The smallest absolute Gasteiger partial charge is 0.121 e. The zero-order chi connectivity index (χ0) is 16.5. The molecule has 22 heavy (non-hydrogen) atoms. The van der Waals surface area contributed by atoms with Crippen LogP contribution in [0, 0.1) is 49.4 Å². The van der Waals surface area contributed by atoms with Gasteiger partial charge in [-0.3, -0.25) is 0 Å². The van der Waals surface area contributed by atoms with Crippen LogP contribution >= 0.6 is 0 Å². The molecule has 1 aromatic rings. The number of benzene rings is 1. The summed E-state index contributed by atoms with van der Waals surface area (Å²) in [5, 5.41) is 9.60. The second kappa shape index (κ2) is 10.4. The van der Waals surface area contributed by atoms with Gasteiger partial charge < -0.3 is 10.6 Å². The van der Waals surface area contributed by atoms with Gasteiger partial charge in [-0.1, -0.05) is 44.7 Å². The maximum Gasteiger partial charge on any atom is 0.121 e. The molecule has 0 fully saturated rings. The molecule has 0 aliphatic carbocycles. The molecule has 0 saturated heterocycles. The Morgan fingerprint density at radius 3 is 1.45 bits per heavy atom. The van der Waals surface area contributed by atoms with Gasteiger partial charge in [0.1, 0.15) is 5.75 Å². The Morgan fingerprint density at radius 1 is 0.818 bits per heavy atom. The summed E-state index contributed by atoms with van der Waals surface area (Å²) in [7, 11) is 0. The van der Waals surface area contributed by atoms with E-state index in [9.17, 15) is 5.11 Å². The van der Waals surface area contributed by atoms with Crippen molar-refractivity contribution in [1.29, 1.82) is 0 Å². The quantitative estimate of drug-likeness (QED) is 0.732. The van der Waals surface area contributed by atoms with Gasteiger partial charge >= 0.3 is 0 Å². The first kappa shape index (κ1) is 21.9. The van der Waals surface area contributed by atoms with Gasteiger partial charge in [0.05, 0.1) is 0 Å². The Balaban J connectivity index is 0. The van der Waals surface area contributed by atoms with Gasteiger partial charge in [0.2, 0.25) is 0 Å². The molecule has 0 radical (unpaired) electrons. The molecule has 0 unspecified atom stereocenters. The summed E-state index contributed by atoms with van der Waals surface area (Å²) < 4.78 is 0. The van der Waals surface area contributed by atoms with Gasteiger partial charge in [-0.05, 0) is 73.5 Å². The molecular weight excluding hydrogens is 272 g/mol. The maximum atomic E-state index is 9.60. The molecule has 0 amide bonds. The molecule has 0 aliphatic heterocycles. The molecule has 2 nitrogen and oxygen atoms in total. The van der Waals surface area contributed by atoms with E-state index in [-0.39, 0.29) is 10.9 Å². The third-order valence-corrected chi connectivity index (χ3v) is 2.79. The molecule has 0 bridgehead atoms. The van der Waals surface area contributed by atoms with Crippen molar-refractivity contribution in [3.63, 3.8) is 0 Å². The van der Waals surface area contributed by atoms with Crippen molar-refractivity contribution in [2.75, 3.05) is 0 Å². The zero-order valence-electron chi connectivity index (χ0n) is 14.6. The fourth-order valence-electron chi connectivity index (χ4n) is 1.58. The van der Waals surface area contributed by atoms with Crippen LogP contribution in [0.4, 0.5) is 0 Å². The van der Waals surface area contributed by atoms with E-state index < -0.39 is 0 Å². The minimum absolute atomic E-state index is 0. The van der Waals surface area contributed by atoms with Gasteiger partial charge in [0, 0.05) is 0 Å². The Morgan fingerprint density at radius 2 is 1.18 bits per heavy atom. The number of hydrogen-bond donors (Lipinski definition) is 1. The first-order valence-electron chi connectivity index (χ1n) is 6.88. The predicted octanol–water partition coefficient (Wildman–Crippen LogP) is 3.52. The average molecular weight is 298 g/mol. The Labute approximate surface area is 135 Å². The molecule has 0 atom stereocenters. The lowest BCUT2D eigenvalue weighted by Gasteiger charge is -2.20. The van der Waals surface area contributed by atoms with E-state index in [4.69, 9.17) is 0 Å². The zero-order valence-corrected chi connectivity index (χ0v) is 14.6. The SMILES string of the molecule is CC#CC#CC#CC.Cc1cc(C(C)(C)C)cc(C)c1O.O. The van der Waals surface area contributed by atoms with Crippen LogP contribution in [-0.2, 0) is 5.41 Å². The van der Waals surface area contributed by atoms with E-state index in [1.807, 2.05) is 13.8 Å². The van der Waals surface area contributed by atoms with Crippen LogP contribution in [-0.4, -0.2) is 10.6 Å². The monoisotopic (exact) mass is 298 g/mol. The van der Waals surface area contributed by atoms with Crippen molar-refractivity contribution in [2.24, 2.45) is 0 Å². The molecule has 0 aliphatic rings. The highest BCUT2D eigenvalue weighted by Gasteiger charge is 2.15. The minimum Gasteiger partial charge on any atom is -0.507 e. The standard InChI is InChI=1S/C12H18O.C8H6.H2O/c1-8-6-10(12(3,4)5)7-9(2)11(8)13;1-3-5-7-8-6-4-2;/h6-7,13H,1-5H3;1-2H3;1H2. The molecule has 1 rings (SSSR count). The normalized spacial score (nSPS) is 8.32. The summed E-state index contributed by atoms with van der Waals surface area (Å²) in [4.78, 5) is 0. The van der Waals surface area contributed by atoms with Gasteiger partial charge in [0.25, 0.3) is 0 Å². The Kier molecular flexibility index (Phi) is 10.4. The van der Waals surface area contributed by atoms with E-state index in [0.717, 1.165) is 11.1 Å². The maximum absolute atomic E-state index is 9.60. The highest BCUT2D eigenvalue weighted by atomic mass is 16.3. The van der Waals surface area contributed by atoms with Crippen molar-refractivity contribution in [1.82, 2.24) is 0 Å². The largest absolute Gasteiger partial charge is 0.507 e. The summed E-state index contributed by atoms with van der Waals surface area (Å²) >= 11 is 0. The van der Waals surface area contributed by atoms with Crippen molar-refractivity contribution in [2.45, 2.75) is 53.9 Å². The molecule has 0 saturated carbocycles. The minimum atomic E-state index is 0. The van der Waals surface area contributed by atoms with E-state index in [1.54, 1.807) is 13.8 Å². The fraction of sp³-hybridized carbons (Fsp3) is 0.400. The number of hydrogen-bond acceptors (Lipinski definition) is 1. The molecule has 118 valence electrons. The van der Waals surface area contributed by atoms with Gasteiger partial charge in [-0.15, -0.1) is 0 Å². The van der Waals surface area contributed by atoms with Crippen LogP contribution in [0.15, 0.2) is 12.1 Å². The van der Waals surface area contributed by atoms with Crippen molar-refractivity contribution in [3.8, 4) is 41.3 Å². The number of phenolic OH excluding ortho intramolecular Hbond substituents is 1. The molecule has 0 spiro atoms. The molecule has 3 N–H and O–H groups in total. The second-order valence-corrected chi connectivity index (χ2v) is 5.71. The molecule has 0 heterocycles. The molecule has 1 aromatic carbocycles. The molecule has 0 aromatic heterocycles. The van der Waals surface area contributed by atoms with E-state index in [1.165, 1.54) is 5.56 Å². The first-order valence-corrected chi connectivity index (χ1v) is 6.88. The van der Waals surface area contributed by atoms with Crippen LogP contribution in [0.2, 0.25) is 0 Å². The van der Waals surface area contributed by atoms with Crippen molar-refractivity contribution in [3.05, 3.63) is 28.8 Å². The summed E-state index contributed by atoms with van der Waals surface area (Å²) in [5.74, 6) is 15.9. The predicted molar refractivity (Wildman–Crippen MR) is 94.6 cm³/mol. The topological polar surface area (TPSA) is 51.7 Å². The van der Waals surface area contributed by atoms with E-state index >= 15 is 0 Å². The Hall–Kier alpha value is -2.34. The lowest BCUT2D eigenvalue weighted by atomic mass is 9.85. The lowest BCUT2D eigenvalue weighted by molar-refractivity contribution is 0.465. The number of phenols is 1. The van der Waals surface area contributed by atoms with Crippen LogP contribution in [0.1, 0.15) is 51.3 Å². The second-order valence-electron chi connectivity index (χ2n) is 5.71. The van der Waals surface area contributed by atoms with Crippen molar-refractivity contribution >= 4 is 0 Å². The van der Waals surface area contributed by atoms with E-state index in [0.29, 0.717) is 5.75 Å². The van der Waals surface area contributed by atoms with Gasteiger partial charge in [-0.25, -0.2) is 0 Å². The summed E-state index contributed by atoms with van der Waals surface area (Å²) in [6.07, 6.45) is 0. The van der Waals surface area contributed by atoms with Crippen LogP contribution in [0.3, 0.4) is 0 Å². The van der Waals surface area contributed by atoms with Crippen molar-refractivity contribution < 1.29 is 10.6 Å². The highest BCUT2D eigenvalue weighted by Crippen LogP contribution is 2.29. The van der Waals surface area contributed by atoms with Gasteiger partial charge in [0.15, 0.2) is 0 Å². The first-order chi connectivity index (χ1) is 9.73.